The summed E-state index contributed by atoms with van der Waals surface area (Å²) in [6, 6.07) is 2.21. The topological polar surface area (TPSA) is 64.9 Å². The van der Waals surface area contributed by atoms with Crippen LogP contribution in [-0.2, 0) is 4.74 Å². The molecule has 0 aliphatic carbocycles. The van der Waals surface area contributed by atoms with Crippen molar-refractivity contribution in [2.75, 3.05) is 31.8 Å². The summed E-state index contributed by atoms with van der Waals surface area (Å²) >= 11 is 1.53. The maximum atomic E-state index is 5.44. The Morgan fingerprint density at radius 2 is 2.40 bits per heavy atom. The molecule has 2 aromatic heterocycles. The zero-order valence-corrected chi connectivity index (χ0v) is 12.4. The summed E-state index contributed by atoms with van der Waals surface area (Å²) in [5.74, 6) is 0.978. The van der Waals surface area contributed by atoms with E-state index in [2.05, 4.69) is 20.4 Å². The first-order chi connectivity index (χ1) is 9.83. The van der Waals surface area contributed by atoms with Crippen molar-refractivity contribution < 1.29 is 4.74 Å². The third-order valence-corrected chi connectivity index (χ3v) is 3.94. The van der Waals surface area contributed by atoms with Crippen LogP contribution in [0.2, 0.25) is 0 Å². The van der Waals surface area contributed by atoms with Gasteiger partial charge in [-0.15, -0.1) is 0 Å². The standard InChI is InChI=1S/C13H17N5OS/c1-14-12-10(11-3-5-15-13(17-11)20-2)7-16-18(12)9-4-6-19-8-9/h3,5,7,9,14H,4,6,8H2,1-2H3/t9-/m0/s1. The molecule has 3 heterocycles. The molecule has 1 saturated heterocycles. The summed E-state index contributed by atoms with van der Waals surface area (Å²) in [4.78, 5) is 8.74. The molecular weight excluding hydrogens is 274 g/mol. The molecule has 7 heteroatoms. The highest BCUT2D eigenvalue weighted by atomic mass is 32.2. The van der Waals surface area contributed by atoms with Gasteiger partial charge in [-0.3, -0.25) is 0 Å². The van der Waals surface area contributed by atoms with Crippen LogP contribution in [-0.4, -0.2) is 46.3 Å². The molecule has 1 fully saturated rings. The molecule has 1 aliphatic heterocycles. The third-order valence-electron chi connectivity index (χ3n) is 3.38. The van der Waals surface area contributed by atoms with Gasteiger partial charge in [-0.2, -0.15) is 5.10 Å². The number of nitrogens with one attached hydrogen (secondary N) is 1. The Morgan fingerprint density at radius 3 is 3.10 bits per heavy atom. The molecule has 1 atom stereocenters. The lowest BCUT2D eigenvalue weighted by molar-refractivity contribution is 0.185. The number of rotatable bonds is 4. The van der Waals surface area contributed by atoms with Gasteiger partial charge in [0.05, 0.1) is 30.1 Å². The van der Waals surface area contributed by atoms with Gasteiger partial charge in [0.2, 0.25) is 0 Å². The quantitative estimate of drug-likeness (QED) is 0.687. The normalized spacial score (nSPS) is 18.4. The minimum atomic E-state index is 0.299. The second-order valence-corrected chi connectivity index (χ2v) is 5.32. The lowest BCUT2D eigenvalue weighted by Crippen LogP contribution is -2.13. The minimum absolute atomic E-state index is 0.299. The lowest BCUT2D eigenvalue weighted by atomic mass is 10.2. The highest BCUT2D eigenvalue weighted by molar-refractivity contribution is 7.98. The summed E-state index contributed by atoms with van der Waals surface area (Å²) in [5, 5.41) is 8.51. The van der Waals surface area contributed by atoms with E-state index in [1.807, 2.05) is 30.2 Å². The smallest absolute Gasteiger partial charge is 0.187 e. The van der Waals surface area contributed by atoms with Crippen LogP contribution in [0.15, 0.2) is 23.6 Å². The maximum absolute atomic E-state index is 5.44. The van der Waals surface area contributed by atoms with Crippen molar-refractivity contribution in [1.29, 1.82) is 0 Å². The minimum Gasteiger partial charge on any atom is -0.379 e. The van der Waals surface area contributed by atoms with E-state index in [1.54, 1.807) is 6.20 Å². The van der Waals surface area contributed by atoms with Gasteiger partial charge in [0.1, 0.15) is 5.82 Å². The van der Waals surface area contributed by atoms with Gasteiger partial charge in [-0.25, -0.2) is 14.6 Å². The summed E-state index contributed by atoms with van der Waals surface area (Å²) in [7, 11) is 1.91. The number of ether oxygens (including phenoxy) is 1. The number of hydrogen-bond donors (Lipinski definition) is 1. The molecule has 106 valence electrons. The monoisotopic (exact) mass is 291 g/mol. The van der Waals surface area contributed by atoms with Crippen molar-refractivity contribution >= 4 is 17.6 Å². The van der Waals surface area contributed by atoms with Crippen molar-refractivity contribution in [3.63, 3.8) is 0 Å². The van der Waals surface area contributed by atoms with Crippen LogP contribution in [0.5, 0.6) is 0 Å². The number of thioether (sulfide) groups is 1. The Kier molecular flexibility index (Phi) is 3.88. The Balaban J connectivity index is 2.00. The molecule has 0 saturated carbocycles. The van der Waals surface area contributed by atoms with E-state index in [1.165, 1.54) is 11.8 Å². The van der Waals surface area contributed by atoms with Crippen LogP contribution in [0.4, 0.5) is 5.82 Å². The predicted molar refractivity (Wildman–Crippen MR) is 79.1 cm³/mol. The largest absolute Gasteiger partial charge is 0.379 e. The first-order valence-corrected chi connectivity index (χ1v) is 7.76. The molecule has 2 aromatic rings. The highest BCUT2D eigenvalue weighted by Gasteiger charge is 2.23. The Bertz CT molecular complexity index is 594. The van der Waals surface area contributed by atoms with Gasteiger partial charge in [0, 0.05) is 19.9 Å². The van der Waals surface area contributed by atoms with E-state index in [4.69, 9.17) is 4.74 Å². The van der Waals surface area contributed by atoms with E-state index in [0.29, 0.717) is 6.04 Å². The van der Waals surface area contributed by atoms with E-state index in [9.17, 15) is 0 Å². The molecule has 0 aromatic carbocycles. The Hall–Kier alpha value is -1.60. The number of anilines is 1. The fourth-order valence-electron chi connectivity index (χ4n) is 2.38. The van der Waals surface area contributed by atoms with Crippen LogP contribution < -0.4 is 5.32 Å². The maximum Gasteiger partial charge on any atom is 0.187 e. The predicted octanol–water partition coefficient (Wildman–Crippen LogP) is 2.07. The van der Waals surface area contributed by atoms with Crippen molar-refractivity contribution in [2.45, 2.75) is 17.6 Å². The van der Waals surface area contributed by atoms with Crippen molar-refractivity contribution in [3.8, 4) is 11.3 Å². The average Bonchev–Trinajstić information content (AvgIpc) is 3.15. The van der Waals surface area contributed by atoms with Gasteiger partial charge in [0.25, 0.3) is 0 Å². The molecule has 0 radical (unpaired) electrons. The van der Waals surface area contributed by atoms with Crippen LogP contribution in [0.1, 0.15) is 12.5 Å². The second-order valence-electron chi connectivity index (χ2n) is 4.55. The molecule has 0 bridgehead atoms. The summed E-state index contributed by atoms with van der Waals surface area (Å²) in [6.45, 7) is 1.52. The first-order valence-electron chi connectivity index (χ1n) is 6.54. The van der Waals surface area contributed by atoms with Gasteiger partial charge in [0.15, 0.2) is 5.16 Å². The fourth-order valence-corrected chi connectivity index (χ4v) is 2.74. The van der Waals surface area contributed by atoms with Crippen LogP contribution in [0.25, 0.3) is 11.3 Å². The molecular formula is C13H17N5OS. The van der Waals surface area contributed by atoms with E-state index in [-0.39, 0.29) is 0 Å². The highest BCUT2D eigenvalue weighted by Crippen LogP contribution is 2.31. The summed E-state index contributed by atoms with van der Waals surface area (Å²) in [6.07, 6.45) is 6.60. The molecule has 1 aliphatic rings. The van der Waals surface area contributed by atoms with Crippen LogP contribution in [0, 0.1) is 0 Å². The number of hydrogen-bond acceptors (Lipinski definition) is 6. The zero-order valence-electron chi connectivity index (χ0n) is 11.5. The third kappa shape index (κ3) is 2.38. The second kappa shape index (κ2) is 5.80. The molecule has 1 N–H and O–H groups in total. The van der Waals surface area contributed by atoms with Gasteiger partial charge < -0.3 is 10.1 Å². The van der Waals surface area contributed by atoms with Gasteiger partial charge >= 0.3 is 0 Å². The number of nitrogens with zero attached hydrogens (tertiary/aromatic N) is 4. The molecule has 0 spiro atoms. The fraction of sp³-hybridized carbons (Fsp3) is 0.462. The SMILES string of the molecule is CNc1c(-c2ccnc(SC)n2)cnn1[C@H]1CCOC1. The lowest BCUT2D eigenvalue weighted by Gasteiger charge is -2.13. The Labute approximate surface area is 122 Å². The van der Waals surface area contributed by atoms with Crippen LogP contribution >= 0.6 is 11.8 Å². The average molecular weight is 291 g/mol. The van der Waals surface area contributed by atoms with E-state index in [0.717, 1.165) is 41.9 Å². The Morgan fingerprint density at radius 1 is 1.50 bits per heavy atom. The van der Waals surface area contributed by atoms with Crippen molar-refractivity contribution in [3.05, 3.63) is 18.5 Å². The molecule has 20 heavy (non-hydrogen) atoms. The number of aromatic nitrogens is 4. The summed E-state index contributed by atoms with van der Waals surface area (Å²) in [5.41, 5.74) is 1.89. The molecule has 3 rings (SSSR count). The zero-order chi connectivity index (χ0) is 13.9. The van der Waals surface area contributed by atoms with Crippen LogP contribution in [0.3, 0.4) is 0 Å². The van der Waals surface area contributed by atoms with E-state index >= 15 is 0 Å². The summed E-state index contributed by atoms with van der Waals surface area (Å²) < 4.78 is 7.45. The van der Waals surface area contributed by atoms with Gasteiger partial charge in [-0.05, 0) is 18.7 Å². The first kappa shape index (κ1) is 13.4. The molecule has 6 nitrogen and oxygen atoms in total. The van der Waals surface area contributed by atoms with Crippen molar-refractivity contribution in [1.82, 2.24) is 19.7 Å². The van der Waals surface area contributed by atoms with E-state index < -0.39 is 0 Å². The molecule has 0 unspecified atom stereocenters. The molecule has 0 amide bonds. The van der Waals surface area contributed by atoms with Crippen molar-refractivity contribution in [2.24, 2.45) is 0 Å². The van der Waals surface area contributed by atoms with Gasteiger partial charge in [-0.1, -0.05) is 11.8 Å².